The number of para-hydroxylation sites is 1. The average Bonchev–Trinajstić information content (AvgIpc) is 2.82. The van der Waals surface area contributed by atoms with Crippen LogP contribution in [0, 0.1) is 0 Å². The van der Waals surface area contributed by atoms with Crippen LogP contribution in [0.3, 0.4) is 0 Å². The highest BCUT2D eigenvalue weighted by Crippen LogP contribution is 2.34. The Labute approximate surface area is 182 Å². The predicted octanol–water partition coefficient (Wildman–Crippen LogP) is 5.45. The average molecular weight is 422 g/mol. The summed E-state index contributed by atoms with van der Waals surface area (Å²) >= 11 is 0. The Morgan fingerprint density at radius 1 is 0.710 bits per heavy atom. The molecule has 0 aliphatic rings. The van der Waals surface area contributed by atoms with Gasteiger partial charge in [0.05, 0.1) is 27.9 Å². The maximum absolute atomic E-state index is 12.1. The molecule has 6 heteroatoms. The molecule has 0 aromatic heterocycles. The first-order valence-corrected chi connectivity index (χ1v) is 9.89. The van der Waals surface area contributed by atoms with E-state index < -0.39 is 6.16 Å². The molecule has 0 radical (unpaired) electrons. The normalized spacial score (nSPS) is 11.3. The molecular weight excluding hydrogens is 396 g/mol. The summed E-state index contributed by atoms with van der Waals surface area (Å²) in [5.41, 5.74) is 2.04. The Bertz CT molecular complexity index is 947. The van der Waals surface area contributed by atoms with Crippen LogP contribution in [0.2, 0.25) is 0 Å². The van der Waals surface area contributed by atoms with Gasteiger partial charge in [0.25, 0.3) is 0 Å². The molecule has 0 saturated heterocycles. The van der Waals surface area contributed by atoms with E-state index in [1.54, 1.807) is 45.6 Å². The summed E-state index contributed by atoms with van der Waals surface area (Å²) in [5, 5.41) is 0. The van der Waals surface area contributed by atoms with E-state index in [0.717, 1.165) is 16.9 Å². The SMILES string of the molecule is COc1ccc(C(CCOC(=O)Oc2ccccc2)c2cc(OC)cc(OC)c2)cc1. The van der Waals surface area contributed by atoms with Gasteiger partial charge in [-0.15, -0.1) is 0 Å². The molecule has 6 nitrogen and oxygen atoms in total. The minimum Gasteiger partial charge on any atom is -0.497 e. The number of carbonyl (C=O) groups is 1. The second kappa shape index (κ2) is 10.9. The first kappa shape index (κ1) is 22.0. The van der Waals surface area contributed by atoms with E-state index in [1.807, 2.05) is 48.5 Å². The first-order chi connectivity index (χ1) is 15.1. The Morgan fingerprint density at radius 2 is 1.32 bits per heavy atom. The van der Waals surface area contributed by atoms with Gasteiger partial charge in [-0.05, 0) is 53.9 Å². The lowest BCUT2D eigenvalue weighted by molar-refractivity contribution is 0.0969. The van der Waals surface area contributed by atoms with Gasteiger partial charge in [0, 0.05) is 12.0 Å². The smallest absolute Gasteiger partial charge is 0.497 e. The van der Waals surface area contributed by atoms with Crippen molar-refractivity contribution in [3.05, 3.63) is 83.9 Å². The number of rotatable bonds is 9. The Hall–Kier alpha value is -3.67. The molecule has 0 saturated carbocycles. The van der Waals surface area contributed by atoms with Crippen LogP contribution in [0.5, 0.6) is 23.0 Å². The maximum atomic E-state index is 12.1. The molecule has 0 heterocycles. The van der Waals surface area contributed by atoms with Gasteiger partial charge in [-0.1, -0.05) is 30.3 Å². The summed E-state index contributed by atoms with van der Waals surface area (Å²) in [7, 11) is 4.86. The number of methoxy groups -OCH3 is 3. The Balaban J connectivity index is 1.77. The third-order valence-corrected chi connectivity index (χ3v) is 4.87. The molecule has 162 valence electrons. The van der Waals surface area contributed by atoms with E-state index >= 15 is 0 Å². The first-order valence-electron chi connectivity index (χ1n) is 9.89. The molecule has 0 spiro atoms. The molecule has 3 aromatic carbocycles. The number of carbonyl (C=O) groups excluding carboxylic acids is 1. The summed E-state index contributed by atoms with van der Waals surface area (Å²) < 4.78 is 26.6. The lowest BCUT2D eigenvalue weighted by atomic mass is 9.88. The van der Waals surface area contributed by atoms with E-state index in [2.05, 4.69) is 0 Å². The van der Waals surface area contributed by atoms with E-state index in [0.29, 0.717) is 23.7 Å². The lowest BCUT2D eigenvalue weighted by Gasteiger charge is -2.20. The molecule has 0 fully saturated rings. The number of ether oxygens (including phenoxy) is 5. The summed E-state index contributed by atoms with van der Waals surface area (Å²) in [6.45, 7) is 0.182. The van der Waals surface area contributed by atoms with Gasteiger partial charge in [0.15, 0.2) is 0 Å². The van der Waals surface area contributed by atoms with Crippen molar-refractivity contribution in [2.45, 2.75) is 12.3 Å². The monoisotopic (exact) mass is 422 g/mol. The van der Waals surface area contributed by atoms with E-state index in [9.17, 15) is 4.79 Å². The highest BCUT2D eigenvalue weighted by atomic mass is 16.7. The van der Waals surface area contributed by atoms with Crippen LogP contribution in [0.15, 0.2) is 72.8 Å². The molecule has 1 unspecified atom stereocenters. The van der Waals surface area contributed by atoms with Crippen LogP contribution in [-0.2, 0) is 4.74 Å². The second-order valence-electron chi connectivity index (χ2n) is 6.77. The van der Waals surface area contributed by atoms with E-state index in [4.69, 9.17) is 23.7 Å². The van der Waals surface area contributed by atoms with Gasteiger partial charge in [-0.3, -0.25) is 0 Å². The van der Waals surface area contributed by atoms with Crippen molar-refractivity contribution in [2.24, 2.45) is 0 Å². The Kier molecular flexibility index (Phi) is 7.76. The van der Waals surface area contributed by atoms with Gasteiger partial charge in [0.1, 0.15) is 23.0 Å². The maximum Gasteiger partial charge on any atom is 0.513 e. The van der Waals surface area contributed by atoms with Crippen molar-refractivity contribution in [1.29, 1.82) is 0 Å². The number of hydrogen-bond acceptors (Lipinski definition) is 6. The van der Waals surface area contributed by atoms with Crippen LogP contribution in [0.4, 0.5) is 4.79 Å². The third-order valence-electron chi connectivity index (χ3n) is 4.87. The molecule has 0 aliphatic heterocycles. The molecule has 0 amide bonds. The minimum atomic E-state index is -0.733. The quantitative estimate of drug-likeness (QED) is 0.338. The van der Waals surface area contributed by atoms with Gasteiger partial charge in [-0.2, -0.15) is 0 Å². The molecule has 3 rings (SSSR count). The predicted molar refractivity (Wildman–Crippen MR) is 117 cm³/mol. The zero-order chi connectivity index (χ0) is 22.1. The summed E-state index contributed by atoms with van der Waals surface area (Å²) in [6.07, 6.45) is -0.185. The van der Waals surface area contributed by atoms with Crippen molar-refractivity contribution in [1.82, 2.24) is 0 Å². The van der Waals surface area contributed by atoms with E-state index in [-0.39, 0.29) is 12.5 Å². The molecule has 0 bridgehead atoms. The summed E-state index contributed by atoms with van der Waals surface area (Å²) in [4.78, 5) is 12.1. The summed E-state index contributed by atoms with van der Waals surface area (Å²) in [6, 6.07) is 22.4. The topological polar surface area (TPSA) is 63.2 Å². The van der Waals surface area contributed by atoms with Crippen LogP contribution < -0.4 is 18.9 Å². The molecule has 0 aliphatic carbocycles. The number of hydrogen-bond donors (Lipinski definition) is 0. The standard InChI is InChI=1S/C25H26O6/c1-27-20-11-9-18(10-12-20)24(19-15-22(28-2)17-23(16-19)29-3)13-14-30-25(26)31-21-7-5-4-6-8-21/h4-12,15-17,24H,13-14H2,1-3H3. The van der Waals surface area contributed by atoms with Crippen LogP contribution in [-0.4, -0.2) is 34.1 Å². The fourth-order valence-corrected chi connectivity index (χ4v) is 3.27. The van der Waals surface area contributed by atoms with E-state index in [1.165, 1.54) is 0 Å². The van der Waals surface area contributed by atoms with Crippen molar-refractivity contribution >= 4 is 6.16 Å². The van der Waals surface area contributed by atoms with Gasteiger partial charge in [0.2, 0.25) is 0 Å². The highest BCUT2D eigenvalue weighted by molar-refractivity contribution is 5.63. The summed E-state index contributed by atoms with van der Waals surface area (Å²) in [5.74, 6) is 2.54. The van der Waals surface area contributed by atoms with Crippen LogP contribution in [0.25, 0.3) is 0 Å². The van der Waals surface area contributed by atoms with Crippen molar-refractivity contribution in [3.8, 4) is 23.0 Å². The largest absolute Gasteiger partial charge is 0.513 e. The zero-order valence-corrected chi connectivity index (χ0v) is 17.9. The van der Waals surface area contributed by atoms with Gasteiger partial charge < -0.3 is 23.7 Å². The molecular formula is C25H26O6. The fraction of sp³-hybridized carbons (Fsp3) is 0.240. The highest BCUT2D eigenvalue weighted by Gasteiger charge is 2.18. The van der Waals surface area contributed by atoms with Crippen molar-refractivity contribution in [2.75, 3.05) is 27.9 Å². The van der Waals surface area contributed by atoms with Crippen molar-refractivity contribution in [3.63, 3.8) is 0 Å². The van der Waals surface area contributed by atoms with Crippen LogP contribution in [0.1, 0.15) is 23.5 Å². The van der Waals surface area contributed by atoms with Gasteiger partial charge >= 0.3 is 6.16 Å². The minimum absolute atomic E-state index is 0.0561. The fourth-order valence-electron chi connectivity index (χ4n) is 3.27. The second-order valence-corrected chi connectivity index (χ2v) is 6.77. The number of benzene rings is 3. The third kappa shape index (κ3) is 6.15. The molecule has 3 aromatic rings. The van der Waals surface area contributed by atoms with Crippen LogP contribution >= 0.6 is 0 Å². The molecule has 31 heavy (non-hydrogen) atoms. The lowest BCUT2D eigenvalue weighted by Crippen LogP contribution is -2.14. The molecule has 1 atom stereocenters. The molecule has 0 N–H and O–H groups in total. The Morgan fingerprint density at radius 3 is 1.90 bits per heavy atom. The zero-order valence-electron chi connectivity index (χ0n) is 17.9. The van der Waals surface area contributed by atoms with Gasteiger partial charge in [-0.25, -0.2) is 4.79 Å². The van der Waals surface area contributed by atoms with Crippen molar-refractivity contribution < 1.29 is 28.5 Å².